The minimum atomic E-state index is -4.54. The largest absolute Gasteiger partial charge is 0.448 e. The normalized spacial score (nSPS) is 18.1. The van der Waals surface area contributed by atoms with E-state index in [0.29, 0.717) is 34.8 Å². The first kappa shape index (κ1) is 34.1. The van der Waals surface area contributed by atoms with E-state index in [-0.39, 0.29) is 31.6 Å². The number of hydrogen-bond donors (Lipinski definition) is 3. The van der Waals surface area contributed by atoms with Gasteiger partial charge < -0.3 is 25.4 Å². The number of carbonyl (C=O) groups excluding carboxylic acids is 2. The van der Waals surface area contributed by atoms with Crippen molar-refractivity contribution in [3.8, 4) is 0 Å². The van der Waals surface area contributed by atoms with Gasteiger partial charge in [-0.25, -0.2) is 13.6 Å². The highest BCUT2D eigenvalue weighted by atomic mass is 35.5. The summed E-state index contributed by atoms with van der Waals surface area (Å²) in [5.74, 6) is -2.51. The molecule has 0 spiro atoms. The molecule has 2 amide bonds. The van der Waals surface area contributed by atoms with Crippen molar-refractivity contribution in [2.24, 2.45) is 5.92 Å². The molecular weight excluding hydrogens is 621 g/mol. The predicted molar refractivity (Wildman–Crippen MR) is 159 cm³/mol. The van der Waals surface area contributed by atoms with Gasteiger partial charge >= 0.3 is 12.3 Å². The number of alkyl halides is 3. The number of benzene rings is 3. The topological polar surface area (TPSA) is 88.7 Å². The Morgan fingerprint density at radius 3 is 2.47 bits per heavy atom. The van der Waals surface area contributed by atoms with Crippen molar-refractivity contribution in [2.75, 3.05) is 31.6 Å². The first-order valence-corrected chi connectivity index (χ1v) is 14.7. The van der Waals surface area contributed by atoms with Crippen LogP contribution in [-0.4, -0.2) is 56.6 Å². The number of alkyl carbamates (subject to hydrolysis) is 1. The number of hydrogen-bond acceptors (Lipinski definition) is 5. The van der Waals surface area contributed by atoms with Crippen molar-refractivity contribution in [1.29, 1.82) is 0 Å². The molecule has 4 rings (SSSR count). The van der Waals surface area contributed by atoms with Crippen LogP contribution in [0.1, 0.15) is 36.0 Å². The van der Waals surface area contributed by atoms with Crippen molar-refractivity contribution >= 4 is 29.3 Å². The molecule has 0 unspecified atom stereocenters. The zero-order valence-electron chi connectivity index (χ0n) is 24.3. The average Bonchev–Trinajstić information content (AvgIpc) is 3.00. The van der Waals surface area contributed by atoms with Crippen LogP contribution in [0.15, 0.2) is 66.7 Å². The Bertz CT molecular complexity index is 1450. The second kappa shape index (κ2) is 15.5. The van der Waals surface area contributed by atoms with Gasteiger partial charge in [-0.2, -0.15) is 13.2 Å². The summed E-state index contributed by atoms with van der Waals surface area (Å²) < 4.78 is 76.5. The molecule has 0 radical (unpaired) electrons. The van der Waals surface area contributed by atoms with E-state index in [0.717, 1.165) is 5.56 Å². The fraction of sp³-hybridized carbons (Fsp3) is 0.375. The van der Waals surface area contributed by atoms with Crippen LogP contribution in [0.4, 0.5) is 32.4 Å². The fourth-order valence-corrected chi connectivity index (χ4v) is 5.26. The molecule has 1 aliphatic heterocycles. The third-order valence-corrected chi connectivity index (χ3v) is 7.71. The molecule has 1 fully saturated rings. The van der Waals surface area contributed by atoms with E-state index in [4.69, 9.17) is 21.1 Å². The van der Waals surface area contributed by atoms with E-state index in [9.17, 15) is 27.2 Å². The van der Waals surface area contributed by atoms with E-state index < -0.39 is 48.3 Å². The Morgan fingerprint density at radius 1 is 1.07 bits per heavy atom. The summed E-state index contributed by atoms with van der Waals surface area (Å²) in [6.45, 7) is 0.504. The SMILES string of the molecule is C[C@H](C(=O)Nc1cccc(F)c1CC[C@@H]1CN[C@H](COC(=O)NCC(F)(F)F)CO1)[C@@H](c1ccc(Cl)cc1)c1cccc(F)c1. The molecule has 0 aliphatic carbocycles. The lowest BCUT2D eigenvalue weighted by Gasteiger charge is -2.30. The summed E-state index contributed by atoms with van der Waals surface area (Å²) >= 11 is 6.07. The van der Waals surface area contributed by atoms with Crippen molar-refractivity contribution in [2.45, 2.75) is 44.0 Å². The highest BCUT2D eigenvalue weighted by Gasteiger charge is 2.30. The van der Waals surface area contributed by atoms with Crippen LogP contribution < -0.4 is 16.0 Å². The Balaban J connectivity index is 1.36. The lowest BCUT2D eigenvalue weighted by atomic mass is 9.81. The molecule has 1 aliphatic rings. The quantitative estimate of drug-likeness (QED) is 0.203. The van der Waals surface area contributed by atoms with Crippen molar-refractivity contribution in [1.82, 2.24) is 10.6 Å². The van der Waals surface area contributed by atoms with Crippen LogP contribution in [0, 0.1) is 17.6 Å². The zero-order chi connectivity index (χ0) is 32.6. The van der Waals surface area contributed by atoms with Gasteiger partial charge in [-0.05, 0) is 60.4 Å². The molecular formula is C32H33ClF5N3O4. The molecule has 3 N–H and O–H groups in total. The smallest absolute Gasteiger partial charge is 0.407 e. The Morgan fingerprint density at radius 2 is 1.80 bits per heavy atom. The number of morpholine rings is 1. The molecule has 0 bridgehead atoms. The van der Waals surface area contributed by atoms with Crippen LogP contribution in [0.2, 0.25) is 5.02 Å². The number of halogens is 6. The number of anilines is 1. The van der Waals surface area contributed by atoms with E-state index in [2.05, 4.69) is 10.6 Å². The van der Waals surface area contributed by atoms with Gasteiger partial charge in [0.25, 0.3) is 0 Å². The summed E-state index contributed by atoms with van der Waals surface area (Å²) in [5.41, 5.74) is 1.97. The average molecular weight is 654 g/mol. The van der Waals surface area contributed by atoms with Crippen LogP contribution in [0.3, 0.4) is 0 Å². The third kappa shape index (κ3) is 10.1. The van der Waals surface area contributed by atoms with Gasteiger partial charge in [0, 0.05) is 34.7 Å². The molecule has 1 saturated heterocycles. The molecule has 3 aromatic carbocycles. The highest BCUT2D eigenvalue weighted by molar-refractivity contribution is 6.30. The fourth-order valence-electron chi connectivity index (χ4n) is 5.13. The molecule has 0 aromatic heterocycles. The first-order valence-electron chi connectivity index (χ1n) is 14.3. The standard InChI is InChI=1S/C32H33ClF5N3O4/c1-19(29(20-8-10-22(33)11-9-20)21-4-2-5-23(34)14-21)30(42)41-28-7-3-6-27(35)26(28)13-12-25-15-39-24(16-44-25)17-45-31(43)40-18-32(36,37)38/h2-11,14,19,24-25,29,39H,12-13,15-18H2,1H3,(H,40,43)(H,41,42)/t19-,24-,25+,29-/m0/s1. The second-order valence-corrected chi connectivity index (χ2v) is 11.2. The van der Waals surface area contributed by atoms with E-state index in [1.807, 2.05) is 0 Å². The maximum absolute atomic E-state index is 15.0. The lowest BCUT2D eigenvalue weighted by molar-refractivity contribution is -0.124. The van der Waals surface area contributed by atoms with Crippen molar-refractivity contribution in [3.63, 3.8) is 0 Å². The number of ether oxygens (including phenoxy) is 2. The monoisotopic (exact) mass is 653 g/mol. The van der Waals surface area contributed by atoms with Gasteiger partial charge in [0.2, 0.25) is 5.91 Å². The molecule has 3 aromatic rings. The molecule has 0 saturated carbocycles. The molecule has 242 valence electrons. The third-order valence-electron chi connectivity index (χ3n) is 7.46. The lowest BCUT2D eigenvalue weighted by Crippen LogP contribution is -2.49. The van der Waals surface area contributed by atoms with Crippen LogP contribution in [0.5, 0.6) is 0 Å². The summed E-state index contributed by atoms with van der Waals surface area (Å²) in [5, 5.41) is 8.12. The zero-order valence-corrected chi connectivity index (χ0v) is 25.1. The number of rotatable bonds is 11. The van der Waals surface area contributed by atoms with Crippen LogP contribution in [-0.2, 0) is 20.7 Å². The van der Waals surface area contributed by atoms with Gasteiger partial charge in [0.1, 0.15) is 24.8 Å². The number of nitrogens with one attached hydrogen (secondary N) is 3. The number of amides is 2. The molecule has 45 heavy (non-hydrogen) atoms. The van der Waals surface area contributed by atoms with Gasteiger partial charge in [-0.3, -0.25) is 4.79 Å². The van der Waals surface area contributed by atoms with E-state index >= 15 is 4.39 Å². The molecule has 7 nitrogen and oxygen atoms in total. The van der Waals surface area contributed by atoms with Crippen LogP contribution in [0.25, 0.3) is 0 Å². The Kier molecular flexibility index (Phi) is 11.8. The Labute approximate surface area is 262 Å². The van der Waals surface area contributed by atoms with Gasteiger partial charge in [0.15, 0.2) is 0 Å². The highest BCUT2D eigenvalue weighted by Crippen LogP contribution is 2.34. The summed E-state index contributed by atoms with van der Waals surface area (Å²) in [6.07, 6.45) is -5.43. The van der Waals surface area contributed by atoms with Crippen molar-refractivity contribution in [3.05, 3.63) is 100 Å². The maximum Gasteiger partial charge on any atom is 0.407 e. The molecule has 13 heteroatoms. The van der Waals surface area contributed by atoms with E-state index in [1.165, 1.54) is 24.3 Å². The Hall–Kier alpha value is -3.74. The maximum atomic E-state index is 15.0. The van der Waals surface area contributed by atoms with Crippen LogP contribution >= 0.6 is 11.6 Å². The molecule has 1 heterocycles. The minimum absolute atomic E-state index is 0.127. The summed E-state index contributed by atoms with van der Waals surface area (Å²) in [7, 11) is 0. The second-order valence-electron chi connectivity index (χ2n) is 10.8. The van der Waals surface area contributed by atoms with Gasteiger partial charge in [-0.15, -0.1) is 0 Å². The van der Waals surface area contributed by atoms with Gasteiger partial charge in [0.05, 0.1) is 18.8 Å². The first-order chi connectivity index (χ1) is 21.4. The minimum Gasteiger partial charge on any atom is -0.448 e. The number of carbonyl (C=O) groups is 2. The van der Waals surface area contributed by atoms with Gasteiger partial charge in [-0.1, -0.05) is 48.9 Å². The van der Waals surface area contributed by atoms with E-state index in [1.54, 1.807) is 54.7 Å². The predicted octanol–water partition coefficient (Wildman–Crippen LogP) is 6.60. The summed E-state index contributed by atoms with van der Waals surface area (Å²) in [4.78, 5) is 25.0. The molecule has 4 atom stereocenters. The summed E-state index contributed by atoms with van der Waals surface area (Å²) in [6, 6.07) is 17.0. The van der Waals surface area contributed by atoms with Crippen molar-refractivity contribution < 1.29 is 41.0 Å².